The van der Waals surface area contributed by atoms with Crippen molar-refractivity contribution in [1.29, 1.82) is 5.26 Å². The van der Waals surface area contributed by atoms with Crippen LogP contribution < -0.4 is 15.1 Å². The summed E-state index contributed by atoms with van der Waals surface area (Å²) in [6.07, 6.45) is 1.81. The molecule has 5 nitrogen and oxygen atoms in total. The molecule has 0 saturated heterocycles. The maximum atomic E-state index is 12.5. The van der Waals surface area contributed by atoms with Gasteiger partial charge in [-0.2, -0.15) is 5.26 Å². The van der Waals surface area contributed by atoms with Crippen LogP contribution in [-0.2, 0) is 0 Å². The molecule has 1 aromatic heterocycles. The van der Waals surface area contributed by atoms with Gasteiger partial charge < -0.3 is 13.9 Å². The summed E-state index contributed by atoms with van der Waals surface area (Å²) in [7, 11) is 3.08. The van der Waals surface area contributed by atoms with Gasteiger partial charge in [-0.25, -0.2) is 4.79 Å². The van der Waals surface area contributed by atoms with E-state index >= 15 is 0 Å². The molecule has 3 rings (SSSR count). The van der Waals surface area contributed by atoms with Crippen molar-refractivity contribution in [3.05, 3.63) is 63.5 Å². The maximum Gasteiger partial charge on any atom is 0.355 e. The van der Waals surface area contributed by atoms with Gasteiger partial charge in [0.1, 0.15) is 17.6 Å². The van der Waals surface area contributed by atoms with E-state index in [9.17, 15) is 10.1 Å². The Morgan fingerprint density at radius 1 is 1.11 bits per heavy atom. The van der Waals surface area contributed by atoms with Crippen molar-refractivity contribution in [1.82, 2.24) is 0 Å². The molecule has 7 heteroatoms. The van der Waals surface area contributed by atoms with E-state index in [4.69, 9.17) is 25.5 Å². The van der Waals surface area contributed by atoms with Gasteiger partial charge in [0.25, 0.3) is 0 Å². The minimum Gasteiger partial charge on any atom is -0.497 e. The van der Waals surface area contributed by atoms with Crippen molar-refractivity contribution in [3.63, 3.8) is 0 Å². The van der Waals surface area contributed by atoms with E-state index in [1.807, 2.05) is 24.5 Å². The molecule has 0 aliphatic carbocycles. The van der Waals surface area contributed by atoms with Gasteiger partial charge in [-0.15, -0.1) is 11.8 Å². The zero-order chi connectivity index (χ0) is 20.3. The van der Waals surface area contributed by atoms with Crippen LogP contribution >= 0.6 is 23.4 Å². The molecule has 0 radical (unpaired) electrons. The molecule has 0 amide bonds. The van der Waals surface area contributed by atoms with Gasteiger partial charge in [-0.1, -0.05) is 23.7 Å². The predicted octanol–water partition coefficient (Wildman–Crippen LogP) is 5.24. The molecular formula is C21H16ClNO4S. The zero-order valence-electron chi connectivity index (χ0n) is 15.4. The normalized spacial score (nSPS) is 10.4. The van der Waals surface area contributed by atoms with Crippen molar-refractivity contribution in [3.8, 4) is 40.0 Å². The Kier molecular flexibility index (Phi) is 5.98. The number of methoxy groups -OCH3 is 2. The quantitative estimate of drug-likeness (QED) is 0.533. The van der Waals surface area contributed by atoms with Crippen LogP contribution in [0.1, 0.15) is 5.56 Å². The number of thioether (sulfide) groups is 1. The maximum absolute atomic E-state index is 12.5. The fourth-order valence-corrected chi connectivity index (χ4v) is 3.74. The van der Waals surface area contributed by atoms with Crippen LogP contribution in [0.4, 0.5) is 0 Å². The summed E-state index contributed by atoms with van der Waals surface area (Å²) in [4.78, 5) is 13.0. The van der Waals surface area contributed by atoms with Gasteiger partial charge in [0, 0.05) is 21.5 Å². The molecule has 0 aliphatic rings. The highest BCUT2D eigenvalue weighted by Gasteiger charge is 2.24. The van der Waals surface area contributed by atoms with Gasteiger partial charge in [-0.3, -0.25) is 0 Å². The van der Waals surface area contributed by atoms with Crippen LogP contribution in [-0.4, -0.2) is 20.5 Å². The zero-order valence-corrected chi connectivity index (χ0v) is 17.0. The van der Waals surface area contributed by atoms with Gasteiger partial charge in [-0.05, 0) is 36.1 Å². The Bertz CT molecular complexity index is 1120. The Morgan fingerprint density at radius 3 is 2.39 bits per heavy atom. The number of hydrogen-bond acceptors (Lipinski definition) is 6. The van der Waals surface area contributed by atoms with Gasteiger partial charge in [0.05, 0.1) is 19.8 Å². The van der Waals surface area contributed by atoms with Crippen LogP contribution in [0.5, 0.6) is 11.5 Å². The van der Waals surface area contributed by atoms with Crippen molar-refractivity contribution >= 4 is 23.4 Å². The summed E-state index contributed by atoms with van der Waals surface area (Å²) in [5.41, 5.74) is 1.24. The summed E-state index contributed by atoms with van der Waals surface area (Å²) in [6.45, 7) is 0. The van der Waals surface area contributed by atoms with E-state index in [1.165, 1.54) is 18.9 Å². The van der Waals surface area contributed by atoms with Crippen molar-refractivity contribution in [2.45, 2.75) is 4.90 Å². The first-order chi connectivity index (χ1) is 13.5. The fourth-order valence-electron chi connectivity index (χ4n) is 2.87. The van der Waals surface area contributed by atoms with E-state index in [1.54, 1.807) is 37.4 Å². The molecule has 28 heavy (non-hydrogen) atoms. The Balaban J connectivity index is 2.42. The second-order valence-corrected chi connectivity index (χ2v) is 6.94. The highest BCUT2D eigenvalue weighted by atomic mass is 35.5. The molecule has 3 aromatic rings. The summed E-state index contributed by atoms with van der Waals surface area (Å²) < 4.78 is 16.3. The number of benzene rings is 2. The third-order valence-corrected chi connectivity index (χ3v) is 5.25. The number of hydrogen-bond donors (Lipinski definition) is 0. The fraction of sp³-hybridized carbons (Fsp3) is 0.143. The summed E-state index contributed by atoms with van der Waals surface area (Å²) in [5, 5.41) is 10.1. The van der Waals surface area contributed by atoms with Crippen molar-refractivity contribution < 1.29 is 13.9 Å². The first-order valence-corrected chi connectivity index (χ1v) is 9.77. The van der Waals surface area contributed by atoms with Crippen LogP contribution in [0.25, 0.3) is 22.5 Å². The molecule has 0 saturated carbocycles. The van der Waals surface area contributed by atoms with Crippen molar-refractivity contribution in [2.75, 3.05) is 20.5 Å². The van der Waals surface area contributed by atoms with E-state index < -0.39 is 5.63 Å². The molecule has 142 valence electrons. The monoisotopic (exact) mass is 413 g/mol. The lowest BCUT2D eigenvalue weighted by Gasteiger charge is -2.16. The second kappa shape index (κ2) is 8.42. The molecule has 0 spiro atoms. The summed E-state index contributed by atoms with van der Waals surface area (Å²) >= 11 is 7.34. The molecule has 0 aliphatic heterocycles. The standard InChI is InChI=1S/C21H16ClNO4S/c1-25-14-8-9-15(17(10-14)26-2)19-18(12-4-6-13(22)7-5-12)20(28-3)16(11-23)21(24)27-19/h4-10H,1-3H3. The molecule has 0 atom stereocenters. The number of halogens is 1. The van der Waals surface area contributed by atoms with Crippen molar-refractivity contribution in [2.24, 2.45) is 0 Å². The lowest BCUT2D eigenvalue weighted by Crippen LogP contribution is -2.09. The minimum absolute atomic E-state index is 0.0336. The third kappa shape index (κ3) is 3.59. The highest BCUT2D eigenvalue weighted by molar-refractivity contribution is 7.98. The van der Waals surface area contributed by atoms with Crippen LogP contribution in [0.15, 0.2) is 56.6 Å². The lowest BCUT2D eigenvalue weighted by atomic mass is 9.98. The number of ether oxygens (including phenoxy) is 2. The Morgan fingerprint density at radius 2 is 1.82 bits per heavy atom. The van der Waals surface area contributed by atoms with Gasteiger partial charge >= 0.3 is 5.63 Å². The van der Waals surface area contributed by atoms with Crippen LogP contribution in [0.2, 0.25) is 5.02 Å². The van der Waals surface area contributed by atoms with Gasteiger partial charge in [0.15, 0.2) is 11.3 Å². The van der Waals surface area contributed by atoms with Gasteiger partial charge in [0.2, 0.25) is 0 Å². The molecule has 0 fully saturated rings. The smallest absolute Gasteiger partial charge is 0.355 e. The second-order valence-electron chi connectivity index (χ2n) is 5.69. The molecule has 0 unspecified atom stereocenters. The largest absolute Gasteiger partial charge is 0.497 e. The SMILES string of the molecule is COc1ccc(-c2oc(=O)c(C#N)c(SC)c2-c2ccc(Cl)cc2)c(OC)c1. The third-order valence-electron chi connectivity index (χ3n) is 4.18. The average Bonchev–Trinajstić information content (AvgIpc) is 2.73. The van der Waals surface area contributed by atoms with Crippen LogP contribution in [0.3, 0.4) is 0 Å². The topological polar surface area (TPSA) is 72.5 Å². The van der Waals surface area contributed by atoms with Crippen LogP contribution in [0, 0.1) is 11.3 Å². The molecule has 0 N–H and O–H groups in total. The minimum atomic E-state index is -0.697. The van der Waals surface area contributed by atoms with E-state index in [0.29, 0.717) is 38.3 Å². The first-order valence-electron chi connectivity index (χ1n) is 8.17. The highest BCUT2D eigenvalue weighted by Crippen LogP contribution is 2.43. The summed E-state index contributed by atoms with van der Waals surface area (Å²) in [6, 6.07) is 14.3. The first kappa shape index (κ1) is 19.9. The number of nitriles is 1. The number of nitrogens with zero attached hydrogens (tertiary/aromatic N) is 1. The van der Waals surface area contributed by atoms with E-state index in [2.05, 4.69) is 0 Å². The lowest BCUT2D eigenvalue weighted by molar-refractivity contribution is 0.394. The van der Waals surface area contributed by atoms with E-state index in [-0.39, 0.29) is 5.56 Å². The Labute approximate surface area is 171 Å². The summed E-state index contributed by atoms with van der Waals surface area (Å²) in [5.74, 6) is 1.40. The Hall–Kier alpha value is -2.88. The molecule has 1 heterocycles. The predicted molar refractivity (Wildman–Crippen MR) is 110 cm³/mol. The molecule has 0 bridgehead atoms. The molecular weight excluding hydrogens is 398 g/mol. The average molecular weight is 414 g/mol. The van der Waals surface area contributed by atoms with E-state index in [0.717, 1.165) is 5.56 Å². The number of rotatable bonds is 5. The molecule has 2 aromatic carbocycles.